The molecule has 2 aromatic rings. The number of anilines is 1. The van der Waals surface area contributed by atoms with Crippen molar-refractivity contribution in [1.29, 1.82) is 0 Å². The lowest BCUT2D eigenvalue weighted by molar-refractivity contribution is -0.115. The lowest BCUT2D eigenvalue weighted by atomic mass is 10.1. The van der Waals surface area contributed by atoms with Gasteiger partial charge in [0.15, 0.2) is 0 Å². The van der Waals surface area contributed by atoms with Crippen molar-refractivity contribution in [3.05, 3.63) is 53.1 Å². The van der Waals surface area contributed by atoms with E-state index in [0.29, 0.717) is 11.4 Å². The van der Waals surface area contributed by atoms with E-state index in [-0.39, 0.29) is 12.3 Å². The van der Waals surface area contributed by atoms with Crippen molar-refractivity contribution in [2.24, 2.45) is 0 Å². The van der Waals surface area contributed by atoms with Gasteiger partial charge in [-0.05, 0) is 37.6 Å². The van der Waals surface area contributed by atoms with E-state index in [4.69, 9.17) is 9.47 Å². The SMILES string of the molecule is COc1ccc(C)cc1CC(=O)Nc1cc(C)ccc1OC. The molecule has 4 heteroatoms. The van der Waals surface area contributed by atoms with Crippen LogP contribution in [0.2, 0.25) is 0 Å². The van der Waals surface area contributed by atoms with Crippen molar-refractivity contribution in [2.45, 2.75) is 20.3 Å². The molecule has 4 nitrogen and oxygen atoms in total. The van der Waals surface area contributed by atoms with E-state index in [1.165, 1.54) is 0 Å². The molecule has 0 aromatic heterocycles. The summed E-state index contributed by atoms with van der Waals surface area (Å²) in [6.07, 6.45) is 0.252. The number of carbonyl (C=O) groups is 1. The van der Waals surface area contributed by atoms with Gasteiger partial charge in [0.1, 0.15) is 11.5 Å². The maximum Gasteiger partial charge on any atom is 0.229 e. The highest BCUT2D eigenvalue weighted by Gasteiger charge is 2.12. The number of ether oxygens (including phenoxy) is 2. The first-order chi connectivity index (χ1) is 10.5. The third-order valence-corrected chi connectivity index (χ3v) is 3.42. The van der Waals surface area contributed by atoms with Gasteiger partial charge in [0.2, 0.25) is 5.91 Å². The molecule has 0 saturated heterocycles. The fraction of sp³-hybridized carbons (Fsp3) is 0.278. The molecule has 2 aromatic carbocycles. The van der Waals surface area contributed by atoms with Gasteiger partial charge in [-0.2, -0.15) is 0 Å². The number of carbonyl (C=O) groups excluding carboxylic acids is 1. The van der Waals surface area contributed by atoms with E-state index in [9.17, 15) is 4.79 Å². The molecule has 0 aliphatic carbocycles. The highest BCUT2D eigenvalue weighted by Crippen LogP contribution is 2.26. The van der Waals surface area contributed by atoms with Gasteiger partial charge < -0.3 is 14.8 Å². The lowest BCUT2D eigenvalue weighted by Crippen LogP contribution is -2.15. The predicted octanol–water partition coefficient (Wildman–Crippen LogP) is 3.50. The number of amides is 1. The van der Waals surface area contributed by atoms with Crippen LogP contribution in [0.4, 0.5) is 5.69 Å². The molecule has 2 rings (SSSR count). The minimum atomic E-state index is -0.104. The van der Waals surface area contributed by atoms with Crippen LogP contribution in [-0.2, 0) is 11.2 Å². The average Bonchev–Trinajstić information content (AvgIpc) is 2.47. The Labute approximate surface area is 131 Å². The molecule has 116 valence electrons. The minimum Gasteiger partial charge on any atom is -0.496 e. The Morgan fingerprint density at radius 3 is 2.18 bits per heavy atom. The molecule has 0 radical (unpaired) electrons. The summed E-state index contributed by atoms with van der Waals surface area (Å²) in [6.45, 7) is 3.96. The number of aryl methyl sites for hydroxylation is 2. The predicted molar refractivity (Wildman–Crippen MR) is 87.8 cm³/mol. The highest BCUT2D eigenvalue weighted by atomic mass is 16.5. The first-order valence-electron chi connectivity index (χ1n) is 7.11. The zero-order chi connectivity index (χ0) is 16.1. The Bertz CT molecular complexity index is 623. The van der Waals surface area contributed by atoms with Crippen LogP contribution in [0.1, 0.15) is 16.7 Å². The van der Waals surface area contributed by atoms with E-state index in [1.807, 2.05) is 50.2 Å². The zero-order valence-electron chi connectivity index (χ0n) is 13.4. The first-order valence-corrected chi connectivity index (χ1v) is 7.11. The fourth-order valence-corrected chi connectivity index (χ4v) is 2.33. The summed E-state index contributed by atoms with van der Waals surface area (Å²) >= 11 is 0. The Morgan fingerprint density at radius 1 is 0.955 bits per heavy atom. The van der Waals surface area contributed by atoms with Gasteiger partial charge in [-0.3, -0.25) is 4.79 Å². The zero-order valence-corrected chi connectivity index (χ0v) is 13.4. The van der Waals surface area contributed by atoms with Crippen molar-refractivity contribution in [1.82, 2.24) is 0 Å². The summed E-state index contributed by atoms with van der Waals surface area (Å²) in [5.41, 5.74) is 3.70. The molecule has 0 fully saturated rings. The number of rotatable bonds is 5. The van der Waals surface area contributed by atoms with Crippen molar-refractivity contribution in [2.75, 3.05) is 19.5 Å². The Balaban J connectivity index is 2.17. The topological polar surface area (TPSA) is 47.6 Å². The van der Waals surface area contributed by atoms with Crippen LogP contribution in [-0.4, -0.2) is 20.1 Å². The van der Waals surface area contributed by atoms with Gasteiger partial charge in [0.25, 0.3) is 0 Å². The number of hydrogen-bond acceptors (Lipinski definition) is 3. The molecule has 0 saturated carbocycles. The molecule has 22 heavy (non-hydrogen) atoms. The smallest absolute Gasteiger partial charge is 0.229 e. The van der Waals surface area contributed by atoms with Gasteiger partial charge in [-0.25, -0.2) is 0 Å². The Morgan fingerprint density at radius 2 is 1.55 bits per heavy atom. The number of nitrogens with one attached hydrogen (secondary N) is 1. The largest absolute Gasteiger partial charge is 0.496 e. The molecule has 1 amide bonds. The van der Waals surface area contributed by atoms with E-state index in [0.717, 1.165) is 22.4 Å². The fourth-order valence-electron chi connectivity index (χ4n) is 2.33. The molecular weight excluding hydrogens is 278 g/mol. The summed E-state index contributed by atoms with van der Waals surface area (Å²) in [5.74, 6) is 1.26. The van der Waals surface area contributed by atoms with Crippen LogP contribution in [0.15, 0.2) is 36.4 Å². The summed E-state index contributed by atoms with van der Waals surface area (Å²) in [6, 6.07) is 11.5. The Hall–Kier alpha value is -2.49. The average molecular weight is 299 g/mol. The normalized spacial score (nSPS) is 10.2. The second-order valence-corrected chi connectivity index (χ2v) is 5.24. The maximum atomic E-state index is 12.3. The molecule has 0 aliphatic heterocycles. The lowest BCUT2D eigenvalue weighted by Gasteiger charge is -2.12. The van der Waals surface area contributed by atoms with Gasteiger partial charge in [0.05, 0.1) is 26.3 Å². The van der Waals surface area contributed by atoms with Crippen molar-refractivity contribution in [3.8, 4) is 11.5 Å². The van der Waals surface area contributed by atoms with E-state index in [2.05, 4.69) is 5.32 Å². The quantitative estimate of drug-likeness (QED) is 0.919. The maximum absolute atomic E-state index is 12.3. The minimum absolute atomic E-state index is 0.104. The number of benzene rings is 2. The molecular formula is C18H21NO3. The third kappa shape index (κ3) is 3.79. The number of methoxy groups -OCH3 is 2. The first kappa shape index (κ1) is 15.9. The summed E-state index contributed by atoms with van der Waals surface area (Å²) in [4.78, 5) is 12.3. The second-order valence-electron chi connectivity index (χ2n) is 5.24. The van der Waals surface area contributed by atoms with Crippen molar-refractivity contribution < 1.29 is 14.3 Å². The number of hydrogen-bond donors (Lipinski definition) is 1. The molecule has 0 atom stereocenters. The van der Waals surface area contributed by atoms with Crippen LogP contribution >= 0.6 is 0 Å². The van der Waals surface area contributed by atoms with Crippen molar-refractivity contribution in [3.63, 3.8) is 0 Å². The van der Waals surface area contributed by atoms with Gasteiger partial charge >= 0.3 is 0 Å². The summed E-state index contributed by atoms with van der Waals surface area (Å²) in [5, 5.41) is 2.90. The van der Waals surface area contributed by atoms with Crippen LogP contribution < -0.4 is 14.8 Å². The molecule has 0 aliphatic rings. The highest BCUT2D eigenvalue weighted by molar-refractivity contribution is 5.94. The van der Waals surface area contributed by atoms with Crippen LogP contribution in [0.3, 0.4) is 0 Å². The Kier molecular flexibility index (Phi) is 5.04. The summed E-state index contributed by atoms with van der Waals surface area (Å²) in [7, 11) is 3.19. The molecule has 0 heterocycles. The van der Waals surface area contributed by atoms with Gasteiger partial charge in [-0.1, -0.05) is 23.8 Å². The summed E-state index contributed by atoms with van der Waals surface area (Å²) < 4.78 is 10.6. The molecule has 0 spiro atoms. The van der Waals surface area contributed by atoms with E-state index in [1.54, 1.807) is 14.2 Å². The van der Waals surface area contributed by atoms with Crippen molar-refractivity contribution >= 4 is 11.6 Å². The molecule has 0 unspecified atom stereocenters. The third-order valence-electron chi connectivity index (χ3n) is 3.42. The van der Waals surface area contributed by atoms with Crippen LogP contribution in [0.5, 0.6) is 11.5 Å². The monoisotopic (exact) mass is 299 g/mol. The van der Waals surface area contributed by atoms with Crippen LogP contribution in [0.25, 0.3) is 0 Å². The standard InChI is InChI=1S/C18H21NO3/c1-12-5-7-16(21-3)14(9-12)11-18(20)19-15-10-13(2)6-8-17(15)22-4/h5-10H,11H2,1-4H3,(H,19,20). The second kappa shape index (κ2) is 6.98. The van der Waals surface area contributed by atoms with E-state index < -0.39 is 0 Å². The van der Waals surface area contributed by atoms with Crippen LogP contribution in [0, 0.1) is 13.8 Å². The molecule has 0 bridgehead atoms. The van der Waals surface area contributed by atoms with E-state index >= 15 is 0 Å². The molecule has 1 N–H and O–H groups in total. The van der Waals surface area contributed by atoms with Gasteiger partial charge in [0, 0.05) is 5.56 Å². The van der Waals surface area contributed by atoms with Gasteiger partial charge in [-0.15, -0.1) is 0 Å².